The molecule has 1 saturated carbocycles. The minimum absolute atomic E-state index is 0.0579. The first-order valence-corrected chi connectivity index (χ1v) is 11.1. The number of hydrogen-bond acceptors (Lipinski definition) is 6. The van der Waals surface area contributed by atoms with Crippen LogP contribution >= 0.6 is 23.2 Å². The summed E-state index contributed by atoms with van der Waals surface area (Å²) in [6.07, 6.45) is 2.50. The average molecular weight is 495 g/mol. The van der Waals surface area contributed by atoms with E-state index < -0.39 is 18.0 Å². The van der Waals surface area contributed by atoms with Crippen molar-refractivity contribution in [3.05, 3.63) is 45.9 Å². The third kappa shape index (κ3) is 5.89. The molecule has 33 heavy (non-hydrogen) atoms. The Labute approximate surface area is 201 Å². The first-order chi connectivity index (χ1) is 15.6. The van der Waals surface area contributed by atoms with Gasteiger partial charge < -0.3 is 24.8 Å². The van der Waals surface area contributed by atoms with Gasteiger partial charge in [0.2, 0.25) is 0 Å². The van der Waals surface area contributed by atoms with Crippen LogP contribution in [0.3, 0.4) is 0 Å². The maximum absolute atomic E-state index is 12.8. The SMILES string of the molecule is CC(C)OC(=O)C(=O)Nc1cc(Cl)c(Oc2ccc(O)c(C(=O)N(C)C3CCC3)c2)c(Cl)c1. The lowest BCUT2D eigenvalue weighted by atomic mass is 9.91. The minimum Gasteiger partial charge on any atom is -0.507 e. The number of nitrogens with one attached hydrogen (secondary N) is 1. The van der Waals surface area contributed by atoms with E-state index in [1.807, 2.05) is 0 Å². The molecule has 8 nitrogen and oxygen atoms in total. The van der Waals surface area contributed by atoms with Crippen LogP contribution in [0.5, 0.6) is 17.2 Å². The topological polar surface area (TPSA) is 105 Å². The van der Waals surface area contributed by atoms with Crippen molar-refractivity contribution in [1.82, 2.24) is 4.90 Å². The van der Waals surface area contributed by atoms with E-state index in [-0.39, 0.29) is 50.5 Å². The number of rotatable bonds is 6. The predicted molar refractivity (Wildman–Crippen MR) is 124 cm³/mol. The Morgan fingerprint density at radius 2 is 1.76 bits per heavy atom. The lowest BCUT2D eigenvalue weighted by Gasteiger charge is -2.34. The summed E-state index contributed by atoms with van der Waals surface area (Å²) in [5.41, 5.74) is 0.272. The smallest absolute Gasteiger partial charge is 0.397 e. The first kappa shape index (κ1) is 24.7. The summed E-state index contributed by atoms with van der Waals surface area (Å²) in [5.74, 6) is -2.17. The van der Waals surface area contributed by atoms with E-state index in [0.29, 0.717) is 0 Å². The van der Waals surface area contributed by atoms with Gasteiger partial charge >= 0.3 is 11.9 Å². The van der Waals surface area contributed by atoms with Gasteiger partial charge in [0.15, 0.2) is 5.75 Å². The number of aromatic hydroxyl groups is 1. The molecule has 1 fully saturated rings. The summed E-state index contributed by atoms with van der Waals surface area (Å²) in [6, 6.07) is 7.12. The number of amides is 2. The van der Waals surface area contributed by atoms with Crippen LogP contribution < -0.4 is 10.1 Å². The van der Waals surface area contributed by atoms with Gasteiger partial charge in [0, 0.05) is 18.8 Å². The van der Waals surface area contributed by atoms with Gasteiger partial charge in [-0.1, -0.05) is 23.2 Å². The Hall–Kier alpha value is -2.97. The van der Waals surface area contributed by atoms with Crippen molar-refractivity contribution in [2.75, 3.05) is 12.4 Å². The molecule has 1 aliphatic rings. The van der Waals surface area contributed by atoms with Gasteiger partial charge in [-0.3, -0.25) is 9.59 Å². The summed E-state index contributed by atoms with van der Waals surface area (Å²) in [4.78, 5) is 38.0. The molecule has 1 aliphatic carbocycles. The lowest BCUT2D eigenvalue weighted by Crippen LogP contribution is -2.41. The fourth-order valence-electron chi connectivity index (χ4n) is 3.18. The first-order valence-electron chi connectivity index (χ1n) is 10.4. The van der Waals surface area contributed by atoms with Crippen LogP contribution in [0.15, 0.2) is 30.3 Å². The maximum atomic E-state index is 12.8. The van der Waals surface area contributed by atoms with Gasteiger partial charge in [-0.15, -0.1) is 0 Å². The molecule has 2 N–H and O–H groups in total. The van der Waals surface area contributed by atoms with Gasteiger partial charge in [0.1, 0.15) is 11.5 Å². The molecule has 3 rings (SSSR count). The van der Waals surface area contributed by atoms with Crippen molar-refractivity contribution in [3.63, 3.8) is 0 Å². The van der Waals surface area contributed by atoms with Crippen LogP contribution in [0.25, 0.3) is 0 Å². The third-order valence-corrected chi connectivity index (χ3v) is 5.71. The number of nitrogens with zero attached hydrogens (tertiary/aromatic N) is 1. The monoisotopic (exact) mass is 494 g/mol. The third-order valence-electron chi connectivity index (χ3n) is 5.15. The van der Waals surface area contributed by atoms with Gasteiger partial charge in [-0.25, -0.2) is 4.79 Å². The standard InChI is InChI=1S/C23H24Cl2N2O6/c1-12(2)32-23(31)21(29)26-13-9-17(24)20(18(25)10-13)33-15-7-8-19(28)16(11-15)22(30)27(3)14-5-4-6-14/h7-12,14,28H,4-6H2,1-3H3,(H,26,29). The van der Waals surface area contributed by atoms with Crippen LogP contribution in [0.4, 0.5) is 5.69 Å². The molecule has 0 heterocycles. The van der Waals surface area contributed by atoms with Crippen LogP contribution in [0.2, 0.25) is 10.0 Å². The molecule has 0 unspecified atom stereocenters. The molecule has 2 aromatic rings. The number of phenolic OH excluding ortho intramolecular Hbond substituents is 1. The molecule has 0 atom stereocenters. The Bertz CT molecular complexity index is 1060. The van der Waals surface area contributed by atoms with E-state index in [0.717, 1.165) is 19.3 Å². The van der Waals surface area contributed by atoms with E-state index in [2.05, 4.69) is 5.32 Å². The summed E-state index contributed by atoms with van der Waals surface area (Å²) < 4.78 is 10.6. The van der Waals surface area contributed by atoms with E-state index >= 15 is 0 Å². The Morgan fingerprint density at radius 3 is 2.30 bits per heavy atom. The van der Waals surface area contributed by atoms with Gasteiger partial charge in [0.05, 0.1) is 21.7 Å². The summed E-state index contributed by atoms with van der Waals surface area (Å²) in [6.45, 7) is 3.25. The van der Waals surface area contributed by atoms with E-state index in [1.165, 1.54) is 30.3 Å². The summed E-state index contributed by atoms with van der Waals surface area (Å²) in [7, 11) is 1.71. The summed E-state index contributed by atoms with van der Waals surface area (Å²) >= 11 is 12.6. The highest BCUT2D eigenvalue weighted by Gasteiger charge is 2.28. The molecule has 0 bridgehead atoms. The Balaban J connectivity index is 1.77. The number of ether oxygens (including phenoxy) is 2. The van der Waals surface area contributed by atoms with Crippen LogP contribution in [0.1, 0.15) is 43.5 Å². The normalized spacial score (nSPS) is 13.3. The van der Waals surface area contributed by atoms with E-state index in [4.69, 9.17) is 32.7 Å². The number of carbonyl (C=O) groups is 3. The highest BCUT2D eigenvalue weighted by molar-refractivity contribution is 6.39. The second-order valence-electron chi connectivity index (χ2n) is 7.96. The molecular formula is C23H24Cl2N2O6. The van der Waals surface area contributed by atoms with Gasteiger partial charge in [-0.05, 0) is 63.4 Å². The Kier molecular flexibility index (Phi) is 7.71. The lowest BCUT2D eigenvalue weighted by molar-refractivity contribution is -0.155. The fraction of sp³-hybridized carbons (Fsp3) is 0.348. The van der Waals surface area contributed by atoms with Crippen molar-refractivity contribution in [2.45, 2.75) is 45.3 Å². The van der Waals surface area contributed by atoms with Crippen molar-refractivity contribution in [2.24, 2.45) is 0 Å². The number of benzene rings is 2. The molecule has 0 aliphatic heterocycles. The van der Waals surface area contributed by atoms with Gasteiger partial charge in [-0.2, -0.15) is 0 Å². The van der Waals surface area contributed by atoms with Gasteiger partial charge in [0.25, 0.3) is 5.91 Å². The average Bonchev–Trinajstić information content (AvgIpc) is 2.69. The minimum atomic E-state index is -1.04. The van der Waals surface area contributed by atoms with Crippen molar-refractivity contribution in [1.29, 1.82) is 0 Å². The van der Waals surface area contributed by atoms with Crippen LogP contribution in [0, 0.1) is 0 Å². The molecule has 0 spiro atoms. The zero-order valence-corrected chi connectivity index (χ0v) is 19.9. The number of esters is 1. The van der Waals surface area contributed by atoms with E-state index in [1.54, 1.807) is 25.8 Å². The number of hydrogen-bond donors (Lipinski definition) is 2. The molecule has 176 valence electrons. The van der Waals surface area contributed by atoms with Crippen molar-refractivity contribution >= 4 is 46.7 Å². The highest BCUT2D eigenvalue weighted by atomic mass is 35.5. The molecule has 0 aromatic heterocycles. The number of carbonyl (C=O) groups excluding carboxylic acids is 3. The number of halogens is 2. The van der Waals surface area contributed by atoms with Crippen molar-refractivity contribution in [3.8, 4) is 17.2 Å². The fourth-order valence-corrected chi connectivity index (χ4v) is 3.74. The molecular weight excluding hydrogens is 471 g/mol. The molecule has 2 amide bonds. The number of anilines is 1. The zero-order valence-electron chi connectivity index (χ0n) is 18.4. The Morgan fingerprint density at radius 1 is 1.12 bits per heavy atom. The van der Waals surface area contributed by atoms with Crippen LogP contribution in [-0.4, -0.2) is 47.0 Å². The van der Waals surface area contributed by atoms with E-state index in [9.17, 15) is 19.5 Å². The number of phenols is 1. The summed E-state index contributed by atoms with van der Waals surface area (Å²) in [5, 5.41) is 12.7. The molecule has 0 saturated heterocycles. The van der Waals surface area contributed by atoms with Crippen molar-refractivity contribution < 1.29 is 29.0 Å². The van der Waals surface area contributed by atoms with Crippen LogP contribution in [-0.2, 0) is 14.3 Å². The predicted octanol–water partition coefficient (Wildman–Crippen LogP) is 5.01. The second kappa shape index (κ2) is 10.3. The quantitative estimate of drug-likeness (QED) is 0.432. The highest BCUT2D eigenvalue weighted by Crippen LogP contribution is 2.40. The molecule has 2 aromatic carbocycles. The second-order valence-corrected chi connectivity index (χ2v) is 8.77. The maximum Gasteiger partial charge on any atom is 0.397 e. The molecule has 10 heteroatoms. The molecule has 0 radical (unpaired) electrons. The zero-order chi connectivity index (χ0) is 24.3. The largest absolute Gasteiger partial charge is 0.507 e.